The number of halogens is 1. The number of hydrogen-bond acceptors (Lipinski definition) is 6. The highest BCUT2D eigenvalue weighted by Crippen LogP contribution is 2.22. The third-order valence-corrected chi connectivity index (χ3v) is 5.64. The number of methoxy groups -OCH3 is 2. The molecule has 160 valence electrons. The molecule has 0 bridgehead atoms. The van der Waals surface area contributed by atoms with Gasteiger partial charge in [0.1, 0.15) is 5.82 Å². The van der Waals surface area contributed by atoms with E-state index < -0.39 is 0 Å². The molecule has 1 saturated heterocycles. The van der Waals surface area contributed by atoms with Crippen molar-refractivity contribution in [3.05, 3.63) is 41.8 Å². The van der Waals surface area contributed by atoms with Gasteiger partial charge < -0.3 is 19.4 Å². The van der Waals surface area contributed by atoms with Gasteiger partial charge in [-0.1, -0.05) is 0 Å². The number of aromatic nitrogens is 3. The normalized spacial score (nSPS) is 15.0. The van der Waals surface area contributed by atoms with Crippen molar-refractivity contribution < 1.29 is 13.9 Å². The summed E-state index contributed by atoms with van der Waals surface area (Å²) in [6.07, 6.45) is 5.16. The van der Waals surface area contributed by atoms with Gasteiger partial charge in [-0.25, -0.2) is 4.39 Å². The zero-order chi connectivity index (χ0) is 20.9. The molecular formula is C22H28FN5O2. The maximum absolute atomic E-state index is 13.5. The number of unbranched alkanes of at least 4 members (excludes halogenated alkanes) is 1. The first-order chi connectivity index (χ1) is 14.7. The molecule has 30 heavy (non-hydrogen) atoms. The second kappa shape index (κ2) is 9.30. The number of fused-ring (bicyclic) bond motifs is 1. The summed E-state index contributed by atoms with van der Waals surface area (Å²) < 4.78 is 24.0. The molecule has 0 radical (unpaired) electrons. The van der Waals surface area contributed by atoms with Gasteiger partial charge in [-0.15, -0.1) is 0 Å². The number of H-pyrrole nitrogens is 1. The second-order valence-corrected chi connectivity index (χ2v) is 7.54. The maximum Gasteiger partial charge on any atom is 0.232 e. The Labute approximate surface area is 175 Å². The average Bonchev–Trinajstić information content (AvgIpc) is 3.18. The minimum Gasteiger partial charge on any atom is -0.481 e. The molecule has 0 unspecified atom stereocenters. The first-order valence-corrected chi connectivity index (χ1v) is 10.4. The minimum absolute atomic E-state index is 0.182. The Balaban J connectivity index is 1.24. The first-order valence-electron chi connectivity index (χ1n) is 10.4. The average molecular weight is 413 g/mol. The number of anilines is 1. The van der Waals surface area contributed by atoms with Crippen LogP contribution >= 0.6 is 0 Å². The molecule has 4 rings (SSSR count). The van der Waals surface area contributed by atoms with Gasteiger partial charge in [-0.05, 0) is 49.6 Å². The number of hydrogen-bond donors (Lipinski definition) is 1. The molecule has 1 aromatic carbocycles. The van der Waals surface area contributed by atoms with Crippen molar-refractivity contribution in [1.29, 1.82) is 0 Å². The van der Waals surface area contributed by atoms with Crippen molar-refractivity contribution in [3.8, 4) is 11.8 Å². The van der Waals surface area contributed by atoms with Crippen LogP contribution < -0.4 is 14.4 Å². The summed E-state index contributed by atoms with van der Waals surface area (Å²) in [5.74, 6) is 1.49. The van der Waals surface area contributed by atoms with E-state index in [2.05, 4.69) is 24.8 Å². The number of benzene rings is 1. The highest BCUT2D eigenvalue weighted by molar-refractivity contribution is 5.83. The van der Waals surface area contributed by atoms with Crippen molar-refractivity contribution in [2.75, 3.05) is 51.8 Å². The Bertz CT molecular complexity index is 963. The molecule has 0 spiro atoms. The summed E-state index contributed by atoms with van der Waals surface area (Å²) in [7, 11) is 3.19. The van der Waals surface area contributed by atoms with Crippen LogP contribution in [0.1, 0.15) is 18.4 Å². The lowest BCUT2D eigenvalue weighted by Gasteiger charge is -2.34. The van der Waals surface area contributed by atoms with Crippen molar-refractivity contribution in [2.45, 2.75) is 19.3 Å². The lowest BCUT2D eigenvalue weighted by atomic mass is 10.1. The monoisotopic (exact) mass is 413 g/mol. The fraction of sp³-hybridized carbons (Fsp3) is 0.455. The van der Waals surface area contributed by atoms with Crippen LogP contribution in [-0.4, -0.2) is 66.8 Å². The Kier molecular flexibility index (Phi) is 6.32. The number of piperazine rings is 1. The smallest absolute Gasteiger partial charge is 0.232 e. The van der Waals surface area contributed by atoms with Crippen LogP contribution in [0.2, 0.25) is 0 Å². The molecule has 1 fully saturated rings. The van der Waals surface area contributed by atoms with Gasteiger partial charge in [0.15, 0.2) is 0 Å². The number of aryl methyl sites for hydroxylation is 1. The number of ether oxygens (including phenoxy) is 2. The maximum atomic E-state index is 13.5. The predicted octanol–water partition coefficient (Wildman–Crippen LogP) is 3.26. The quantitative estimate of drug-likeness (QED) is 0.572. The van der Waals surface area contributed by atoms with Crippen LogP contribution in [0.5, 0.6) is 11.8 Å². The predicted molar refractivity (Wildman–Crippen MR) is 115 cm³/mol. The van der Waals surface area contributed by atoms with E-state index >= 15 is 0 Å². The standard InChI is InChI=1S/C22H28FN5O2/c1-29-20-14-21(30-2)26-22(25-20)28-11-9-27(10-12-28)8-4-3-5-16-15-24-19-7-6-17(23)13-18(16)19/h6-7,13-15,24H,3-5,8-12H2,1-2H3. The van der Waals surface area contributed by atoms with Gasteiger partial charge in [0, 0.05) is 43.3 Å². The van der Waals surface area contributed by atoms with Gasteiger partial charge >= 0.3 is 0 Å². The van der Waals surface area contributed by atoms with Crippen molar-refractivity contribution in [2.24, 2.45) is 0 Å². The topological polar surface area (TPSA) is 66.5 Å². The molecule has 0 atom stereocenters. The van der Waals surface area contributed by atoms with E-state index in [0.717, 1.165) is 62.9 Å². The van der Waals surface area contributed by atoms with Crippen LogP contribution in [0.15, 0.2) is 30.5 Å². The van der Waals surface area contributed by atoms with Gasteiger partial charge in [-0.2, -0.15) is 9.97 Å². The third kappa shape index (κ3) is 4.64. The summed E-state index contributed by atoms with van der Waals surface area (Å²) in [4.78, 5) is 16.8. The second-order valence-electron chi connectivity index (χ2n) is 7.54. The summed E-state index contributed by atoms with van der Waals surface area (Å²) in [5.41, 5.74) is 2.19. The van der Waals surface area contributed by atoms with E-state index in [4.69, 9.17) is 9.47 Å². The van der Waals surface area contributed by atoms with Crippen LogP contribution in [0.4, 0.5) is 10.3 Å². The molecule has 3 heterocycles. The van der Waals surface area contributed by atoms with E-state index in [1.807, 2.05) is 6.20 Å². The van der Waals surface area contributed by atoms with E-state index in [-0.39, 0.29) is 5.82 Å². The lowest BCUT2D eigenvalue weighted by molar-refractivity contribution is 0.251. The number of rotatable bonds is 8. The molecule has 2 aromatic heterocycles. The van der Waals surface area contributed by atoms with E-state index in [1.54, 1.807) is 32.4 Å². The van der Waals surface area contributed by atoms with Gasteiger partial charge in [-0.3, -0.25) is 4.90 Å². The zero-order valence-corrected chi connectivity index (χ0v) is 17.5. The molecule has 1 aliphatic rings. The SMILES string of the molecule is COc1cc(OC)nc(N2CCN(CCCCc3c[nH]c4ccc(F)cc34)CC2)n1. The summed E-state index contributed by atoms with van der Waals surface area (Å²) >= 11 is 0. The number of nitrogens with zero attached hydrogens (tertiary/aromatic N) is 4. The molecular weight excluding hydrogens is 385 g/mol. The largest absolute Gasteiger partial charge is 0.481 e. The fourth-order valence-electron chi connectivity index (χ4n) is 3.92. The highest BCUT2D eigenvalue weighted by atomic mass is 19.1. The van der Waals surface area contributed by atoms with Gasteiger partial charge in [0.2, 0.25) is 17.7 Å². The van der Waals surface area contributed by atoms with Crippen molar-refractivity contribution in [1.82, 2.24) is 19.9 Å². The Morgan fingerprint density at radius 1 is 1.00 bits per heavy atom. The summed E-state index contributed by atoms with van der Waals surface area (Å²) in [6.45, 7) is 4.76. The van der Waals surface area contributed by atoms with E-state index in [9.17, 15) is 4.39 Å². The molecule has 3 aromatic rings. The molecule has 1 N–H and O–H groups in total. The van der Waals surface area contributed by atoms with E-state index in [1.165, 1.54) is 11.6 Å². The van der Waals surface area contributed by atoms with Crippen LogP contribution in [0.25, 0.3) is 10.9 Å². The molecule has 0 saturated carbocycles. The highest BCUT2D eigenvalue weighted by Gasteiger charge is 2.20. The van der Waals surface area contributed by atoms with Crippen LogP contribution in [0, 0.1) is 5.82 Å². The third-order valence-electron chi connectivity index (χ3n) is 5.64. The summed E-state index contributed by atoms with van der Waals surface area (Å²) in [6, 6.07) is 6.60. The Morgan fingerprint density at radius 2 is 1.73 bits per heavy atom. The van der Waals surface area contributed by atoms with Gasteiger partial charge in [0.05, 0.1) is 20.3 Å². The molecule has 8 heteroatoms. The fourth-order valence-corrected chi connectivity index (χ4v) is 3.92. The molecule has 0 aliphatic carbocycles. The van der Waals surface area contributed by atoms with Crippen LogP contribution in [-0.2, 0) is 6.42 Å². The minimum atomic E-state index is -0.182. The first kappa shape index (κ1) is 20.4. The zero-order valence-electron chi connectivity index (χ0n) is 17.5. The Morgan fingerprint density at radius 3 is 2.43 bits per heavy atom. The Hall–Kier alpha value is -2.87. The van der Waals surface area contributed by atoms with Crippen LogP contribution in [0.3, 0.4) is 0 Å². The lowest BCUT2D eigenvalue weighted by Crippen LogP contribution is -2.47. The van der Waals surface area contributed by atoms with E-state index in [0.29, 0.717) is 17.7 Å². The van der Waals surface area contributed by atoms with Crippen molar-refractivity contribution in [3.63, 3.8) is 0 Å². The van der Waals surface area contributed by atoms with Crippen molar-refractivity contribution >= 4 is 16.9 Å². The number of aromatic amines is 1. The molecule has 0 amide bonds. The molecule has 7 nitrogen and oxygen atoms in total. The molecule has 1 aliphatic heterocycles. The summed E-state index contributed by atoms with van der Waals surface area (Å²) in [5, 5.41) is 0.998. The number of nitrogens with one attached hydrogen (secondary N) is 1. The van der Waals surface area contributed by atoms with Gasteiger partial charge in [0.25, 0.3) is 0 Å².